The molecule has 0 heterocycles. The van der Waals surface area contributed by atoms with Crippen molar-refractivity contribution in [3.63, 3.8) is 0 Å². The molecule has 0 aromatic heterocycles. The molecule has 0 aliphatic carbocycles. The molecule has 0 saturated heterocycles. The molecular weight excluding hydrogens is 1270 g/mol. The summed E-state index contributed by atoms with van der Waals surface area (Å²) in [6.07, 6.45) is 85.0. The highest BCUT2D eigenvalue weighted by molar-refractivity contribution is 7.47. The standard InChI is InChI=1S/C79H134O16P2/c1-4-7-10-13-16-19-22-25-27-29-31-33-35-36-38-40-41-43-45-48-50-53-56-59-62-65-77(82)89-68-74(80)69-91-96(85,86)92-70-75(81)71-93-97(87,88)94-73-76(95-79(84)67-64-61-58-55-52-47-24-21-18-15-12-9-6-3)72-90-78(83)66-63-60-57-54-51-49-46-44-42-39-37-34-32-30-28-26-23-20-17-14-11-8-5-2/h8,11,16-17,19-21,24-28,31-34,36,38-39,42,46,49,74-76,80-81H,4-7,9-10,12-15,18,22-23,29-30,35,37,40-41,43-45,47-48,50-73H2,1-3H3,(H,85,86)(H,87,88)/b11-8-,19-16-,20-17-,24-21-,27-25-,28-26-,33-31-,34-32-,38-36-,42-39-,49-46-. The first-order valence-electron chi connectivity index (χ1n) is 37.5. The summed E-state index contributed by atoms with van der Waals surface area (Å²) in [5, 5.41) is 20.6. The van der Waals surface area contributed by atoms with Gasteiger partial charge in [0.15, 0.2) is 6.10 Å². The van der Waals surface area contributed by atoms with Crippen molar-refractivity contribution in [2.75, 3.05) is 39.6 Å². The van der Waals surface area contributed by atoms with E-state index in [2.05, 4.69) is 154 Å². The molecule has 556 valence electrons. The van der Waals surface area contributed by atoms with Crippen molar-refractivity contribution in [2.45, 2.75) is 309 Å². The topological polar surface area (TPSA) is 231 Å². The van der Waals surface area contributed by atoms with E-state index in [1.807, 2.05) is 0 Å². The summed E-state index contributed by atoms with van der Waals surface area (Å²) in [6.45, 7) is 2.47. The third-order valence-electron chi connectivity index (χ3n) is 15.3. The van der Waals surface area contributed by atoms with Crippen LogP contribution in [0.15, 0.2) is 134 Å². The minimum absolute atomic E-state index is 0.0849. The Morgan fingerprint density at radius 2 is 0.546 bits per heavy atom. The van der Waals surface area contributed by atoms with Gasteiger partial charge in [-0.2, -0.15) is 0 Å². The summed E-state index contributed by atoms with van der Waals surface area (Å²) in [6, 6.07) is 0. The first-order chi connectivity index (χ1) is 47.2. The molecule has 0 radical (unpaired) electrons. The second-order valence-corrected chi connectivity index (χ2v) is 27.6. The molecule has 97 heavy (non-hydrogen) atoms. The molecule has 0 bridgehead atoms. The van der Waals surface area contributed by atoms with Gasteiger partial charge < -0.3 is 34.2 Å². The first kappa shape index (κ1) is 92.7. The zero-order chi connectivity index (χ0) is 70.9. The maximum absolute atomic E-state index is 12.9. The number of unbranched alkanes of at least 4 members (excludes halogenated alkanes) is 25. The Hall–Kier alpha value is -4.31. The molecule has 0 spiro atoms. The lowest BCUT2D eigenvalue weighted by Gasteiger charge is -2.21. The van der Waals surface area contributed by atoms with Crippen molar-refractivity contribution in [3.05, 3.63) is 134 Å². The van der Waals surface area contributed by atoms with E-state index in [4.69, 9.17) is 32.3 Å². The quantitative estimate of drug-likeness (QED) is 0.0146. The Morgan fingerprint density at radius 3 is 0.897 bits per heavy atom. The van der Waals surface area contributed by atoms with Crippen molar-refractivity contribution in [1.82, 2.24) is 0 Å². The Labute approximate surface area is 588 Å². The predicted octanol–water partition coefficient (Wildman–Crippen LogP) is 21.5. The Balaban J connectivity index is 4.61. The number of allylic oxidation sites excluding steroid dienone is 22. The van der Waals surface area contributed by atoms with Gasteiger partial charge in [0.1, 0.15) is 25.4 Å². The fourth-order valence-electron chi connectivity index (χ4n) is 9.61. The lowest BCUT2D eigenvalue weighted by molar-refractivity contribution is -0.161. The number of esters is 3. The van der Waals surface area contributed by atoms with E-state index >= 15 is 0 Å². The number of hydrogen-bond donors (Lipinski definition) is 4. The summed E-state index contributed by atoms with van der Waals surface area (Å²) in [4.78, 5) is 58.5. The van der Waals surface area contributed by atoms with Gasteiger partial charge in [0.25, 0.3) is 0 Å². The smallest absolute Gasteiger partial charge is 0.463 e. The van der Waals surface area contributed by atoms with Crippen molar-refractivity contribution < 1.29 is 75.8 Å². The van der Waals surface area contributed by atoms with Crippen molar-refractivity contribution >= 4 is 33.6 Å². The number of carbonyl (C=O) groups is 3. The fourth-order valence-corrected chi connectivity index (χ4v) is 11.2. The minimum Gasteiger partial charge on any atom is -0.463 e. The normalized spacial score (nSPS) is 14.8. The minimum atomic E-state index is -4.94. The molecule has 5 atom stereocenters. The van der Waals surface area contributed by atoms with Gasteiger partial charge >= 0.3 is 33.6 Å². The second-order valence-electron chi connectivity index (χ2n) is 24.7. The summed E-state index contributed by atoms with van der Waals surface area (Å²) in [5.74, 6) is -1.62. The third-order valence-corrected chi connectivity index (χ3v) is 17.2. The molecule has 4 N–H and O–H groups in total. The average molecular weight is 1400 g/mol. The molecular formula is C79H134O16P2. The molecule has 0 rings (SSSR count). The molecule has 18 heteroatoms. The maximum atomic E-state index is 12.9. The molecule has 0 aliphatic heterocycles. The van der Waals surface area contributed by atoms with Crippen LogP contribution in [-0.4, -0.2) is 95.9 Å². The van der Waals surface area contributed by atoms with Gasteiger partial charge in [-0.1, -0.05) is 264 Å². The summed E-state index contributed by atoms with van der Waals surface area (Å²) < 4.78 is 61.0. The lowest BCUT2D eigenvalue weighted by Crippen LogP contribution is -2.30. The van der Waals surface area contributed by atoms with E-state index in [9.17, 15) is 43.5 Å². The molecule has 0 aromatic rings. The molecule has 5 unspecified atom stereocenters. The molecule has 0 saturated carbocycles. The molecule has 16 nitrogen and oxygen atoms in total. The van der Waals surface area contributed by atoms with Gasteiger partial charge in [0.2, 0.25) is 0 Å². The molecule has 0 aliphatic rings. The number of phosphoric ester groups is 2. The number of carbonyl (C=O) groups excluding carboxylic acids is 3. The first-order valence-corrected chi connectivity index (χ1v) is 40.5. The molecule has 0 amide bonds. The van der Waals surface area contributed by atoms with E-state index in [-0.39, 0.29) is 19.3 Å². The van der Waals surface area contributed by atoms with Gasteiger partial charge in [-0.25, -0.2) is 9.13 Å². The average Bonchev–Trinajstić information content (AvgIpc) is 1.87. The van der Waals surface area contributed by atoms with Crippen LogP contribution in [-0.2, 0) is 55.8 Å². The van der Waals surface area contributed by atoms with Crippen LogP contribution in [0.4, 0.5) is 0 Å². The van der Waals surface area contributed by atoms with E-state index < -0.39 is 91.5 Å². The van der Waals surface area contributed by atoms with Crippen LogP contribution in [0.1, 0.15) is 290 Å². The summed E-state index contributed by atoms with van der Waals surface area (Å²) in [5.41, 5.74) is 0. The molecule has 0 aromatic carbocycles. The number of aliphatic hydroxyl groups is 2. The van der Waals surface area contributed by atoms with Crippen molar-refractivity contribution in [2.24, 2.45) is 0 Å². The monoisotopic (exact) mass is 1400 g/mol. The van der Waals surface area contributed by atoms with Crippen LogP contribution in [0, 0.1) is 0 Å². The van der Waals surface area contributed by atoms with Crippen LogP contribution >= 0.6 is 15.6 Å². The van der Waals surface area contributed by atoms with Crippen LogP contribution < -0.4 is 0 Å². The van der Waals surface area contributed by atoms with Crippen molar-refractivity contribution in [3.8, 4) is 0 Å². The van der Waals surface area contributed by atoms with Gasteiger partial charge in [-0.3, -0.25) is 32.5 Å². The van der Waals surface area contributed by atoms with Gasteiger partial charge in [-0.15, -0.1) is 0 Å². The van der Waals surface area contributed by atoms with Crippen LogP contribution in [0.5, 0.6) is 0 Å². The van der Waals surface area contributed by atoms with Crippen LogP contribution in [0.25, 0.3) is 0 Å². The SMILES string of the molecule is CC/C=C\C/C=C\C/C=C\C/C=C\C/C=C\C/C=C\CCCCCCC(=O)OCC(COP(=O)(O)OCC(O)COP(=O)(O)OCC(O)COC(=O)CCCCCCCCCCC/C=C\C/C=C\C/C=C\C/C=C\CCCCC)OC(=O)CCCCCCC/C=C\CCCCCC. The Morgan fingerprint density at radius 1 is 0.299 bits per heavy atom. The number of aliphatic hydroxyl groups excluding tert-OH is 2. The number of ether oxygens (including phenoxy) is 3. The van der Waals surface area contributed by atoms with Crippen molar-refractivity contribution in [1.29, 1.82) is 0 Å². The highest BCUT2D eigenvalue weighted by Crippen LogP contribution is 2.45. The molecule has 0 fully saturated rings. The number of hydrogen-bond acceptors (Lipinski definition) is 14. The summed E-state index contributed by atoms with van der Waals surface area (Å²) in [7, 11) is -9.80. The number of rotatable bonds is 70. The van der Waals surface area contributed by atoms with Crippen LogP contribution in [0.3, 0.4) is 0 Å². The lowest BCUT2D eigenvalue weighted by atomic mass is 10.1. The van der Waals surface area contributed by atoms with Gasteiger partial charge in [0.05, 0.1) is 26.4 Å². The van der Waals surface area contributed by atoms with Crippen LogP contribution in [0.2, 0.25) is 0 Å². The Kier molecular flexibility index (Phi) is 68.3. The maximum Gasteiger partial charge on any atom is 0.472 e. The predicted molar refractivity (Wildman–Crippen MR) is 399 cm³/mol. The highest BCUT2D eigenvalue weighted by atomic mass is 31.2. The van der Waals surface area contributed by atoms with E-state index in [0.717, 1.165) is 154 Å². The highest BCUT2D eigenvalue weighted by Gasteiger charge is 2.29. The zero-order valence-corrected chi connectivity index (χ0v) is 62.2. The Bertz CT molecular complexity index is 2300. The second kappa shape index (κ2) is 71.5. The largest absolute Gasteiger partial charge is 0.472 e. The van der Waals surface area contributed by atoms with Gasteiger partial charge in [-0.05, 0) is 141 Å². The fraction of sp³-hybridized carbons (Fsp3) is 0.684. The zero-order valence-electron chi connectivity index (χ0n) is 60.5. The number of phosphoric acid groups is 2. The van der Waals surface area contributed by atoms with E-state index in [1.165, 1.54) is 77.0 Å². The third kappa shape index (κ3) is 72.8. The van der Waals surface area contributed by atoms with Gasteiger partial charge in [0, 0.05) is 19.3 Å². The van der Waals surface area contributed by atoms with E-state index in [1.54, 1.807) is 0 Å². The summed E-state index contributed by atoms with van der Waals surface area (Å²) >= 11 is 0. The van der Waals surface area contributed by atoms with E-state index in [0.29, 0.717) is 19.3 Å².